The van der Waals surface area contributed by atoms with E-state index >= 15 is 0 Å². The molecule has 2 heteroatoms. The van der Waals surface area contributed by atoms with Gasteiger partial charge in [0.25, 0.3) is 0 Å². The number of pyridine rings is 1. The van der Waals surface area contributed by atoms with Crippen LogP contribution in [0.2, 0.25) is 0 Å². The van der Waals surface area contributed by atoms with E-state index in [4.69, 9.17) is 0 Å². The molecular weight excluding hydrogens is 160 g/mol. The van der Waals surface area contributed by atoms with E-state index in [-0.39, 0.29) is 0 Å². The summed E-state index contributed by atoms with van der Waals surface area (Å²) in [5.41, 5.74) is 1.25. The molecule has 1 aliphatic heterocycles. The van der Waals surface area contributed by atoms with Crippen LogP contribution in [-0.4, -0.2) is 29.0 Å². The summed E-state index contributed by atoms with van der Waals surface area (Å²) >= 11 is 0. The van der Waals surface area contributed by atoms with Gasteiger partial charge in [-0.25, -0.2) is 0 Å². The number of rotatable bonds is 2. The first-order valence-corrected chi connectivity index (χ1v) is 4.92. The molecule has 0 N–H and O–H groups in total. The Kier molecular flexibility index (Phi) is 2.32. The maximum Gasteiger partial charge on any atom is 0.0460 e. The predicted molar refractivity (Wildman–Crippen MR) is 53.7 cm³/mol. The van der Waals surface area contributed by atoms with Gasteiger partial charge in [-0.3, -0.25) is 9.88 Å². The van der Waals surface area contributed by atoms with Gasteiger partial charge >= 0.3 is 0 Å². The van der Waals surface area contributed by atoms with Crippen molar-refractivity contribution in [3.63, 3.8) is 0 Å². The highest BCUT2D eigenvalue weighted by atomic mass is 15.2. The van der Waals surface area contributed by atoms with Crippen molar-refractivity contribution in [2.24, 2.45) is 0 Å². The van der Waals surface area contributed by atoms with Crippen molar-refractivity contribution < 1.29 is 0 Å². The Morgan fingerprint density at radius 2 is 2.15 bits per heavy atom. The normalized spacial score (nSPS) is 19.0. The Balaban J connectivity index is 1.94. The van der Waals surface area contributed by atoms with E-state index < -0.39 is 0 Å². The van der Waals surface area contributed by atoms with Crippen molar-refractivity contribution in [2.45, 2.75) is 25.8 Å². The summed E-state index contributed by atoms with van der Waals surface area (Å²) in [7, 11) is 0. The van der Waals surface area contributed by atoms with Crippen LogP contribution in [0, 0.1) is 0 Å². The highest BCUT2D eigenvalue weighted by Crippen LogP contribution is 2.26. The summed E-state index contributed by atoms with van der Waals surface area (Å²) in [5, 5.41) is 0. The molecule has 1 saturated heterocycles. The van der Waals surface area contributed by atoms with Crippen LogP contribution in [0.4, 0.5) is 0 Å². The molecule has 2 rings (SSSR count). The molecule has 1 fully saturated rings. The quantitative estimate of drug-likeness (QED) is 0.684. The second kappa shape index (κ2) is 3.46. The highest BCUT2D eigenvalue weighted by molar-refractivity contribution is 5.14. The van der Waals surface area contributed by atoms with Crippen LogP contribution in [0.25, 0.3) is 0 Å². The summed E-state index contributed by atoms with van der Waals surface area (Å²) in [5.74, 6) is 0.670. The molecule has 13 heavy (non-hydrogen) atoms. The molecule has 0 bridgehead atoms. The Morgan fingerprint density at radius 1 is 1.38 bits per heavy atom. The Morgan fingerprint density at radius 3 is 2.69 bits per heavy atom. The molecule has 1 aromatic rings. The Bertz CT molecular complexity index is 263. The molecule has 1 aromatic heterocycles. The maximum absolute atomic E-state index is 4.37. The number of likely N-dealkylation sites (tertiary alicyclic amines) is 1. The van der Waals surface area contributed by atoms with E-state index in [2.05, 4.69) is 35.9 Å². The van der Waals surface area contributed by atoms with Gasteiger partial charge in [0, 0.05) is 36.9 Å². The van der Waals surface area contributed by atoms with Crippen LogP contribution in [-0.2, 0) is 0 Å². The van der Waals surface area contributed by atoms with E-state index in [1.54, 1.807) is 0 Å². The predicted octanol–water partition coefficient (Wildman–Crippen LogP) is 1.89. The van der Waals surface area contributed by atoms with Gasteiger partial charge in [-0.2, -0.15) is 0 Å². The lowest BCUT2D eigenvalue weighted by molar-refractivity contribution is 0.108. The van der Waals surface area contributed by atoms with Gasteiger partial charge in [0.15, 0.2) is 0 Å². The number of nitrogens with zero attached hydrogens (tertiary/aromatic N) is 2. The van der Waals surface area contributed by atoms with Crippen molar-refractivity contribution in [2.75, 3.05) is 13.1 Å². The standard InChI is InChI=1S/C11H16N2/c1-9(2)13-7-10(8-13)11-5-3-4-6-12-11/h3-6,9-10H,7-8H2,1-2H3. The first-order valence-electron chi connectivity index (χ1n) is 4.92. The first kappa shape index (κ1) is 8.70. The van der Waals surface area contributed by atoms with E-state index in [0.717, 1.165) is 0 Å². The third kappa shape index (κ3) is 1.73. The van der Waals surface area contributed by atoms with Crippen molar-refractivity contribution in [3.05, 3.63) is 30.1 Å². The second-order valence-electron chi connectivity index (χ2n) is 4.00. The molecule has 0 radical (unpaired) electrons. The van der Waals surface area contributed by atoms with Crippen LogP contribution in [0.3, 0.4) is 0 Å². The zero-order valence-electron chi connectivity index (χ0n) is 8.27. The van der Waals surface area contributed by atoms with Crippen LogP contribution in [0.1, 0.15) is 25.5 Å². The third-order valence-electron chi connectivity index (χ3n) is 2.75. The summed E-state index contributed by atoms with van der Waals surface area (Å²) < 4.78 is 0. The van der Waals surface area contributed by atoms with Gasteiger partial charge in [0.05, 0.1) is 0 Å². The zero-order valence-corrected chi connectivity index (χ0v) is 8.27. The summed E-state index contributed by atoms with van der Waals surface area (Å²) in [6.07, 6.45) is 1.88. The van der Waals surface area contributed by atoms with Crippen molar-refractivity contribution in [3.8, 4) is 0 Å². The fraction of sp³-hybridized carbons (Fsp3) is 0.545. The smallest absolute Gasteiger partial charge is 0.0460 e. The number of hydrogen-bond acceptors (Lipinski definition) is 2. The van der Waals surface area contributed by atoms with Gasteiger partial charge < -0.3 is 0 Å². The Labute approximate surface area is 79.6 Å². The van der Waals surface area contributed by atoms with E-state index in [1.807, 2.05) is 12.3 Å². The minimum atomic E-state index is 0.670. The van der Waals surface area contributed by atoms with Gasteiger partial charge in [-0.15, -0.1) is 0 Å². The average Bonchev–Trinajstić information content (AvgIpc) is 2.02. The molecule has 0 spiro atoms. The third-order valence-corrected chi connectivity index (χ3v) is 2.75. The van der Waals surface area contributed by atoms with Crippen molar-refractivity contribution >= 4 is 0 Å². The summed E-state index contributed by atoms with van der Waals surface area (Å²) in [6, 6.07) is 6.85. The molecular formula is C11H16N2. The SMILES string of the molecule is CC(C)N1CC(c2ccccn2)C1. The lowest BCUT2D eigenvalue weighted by Gasteiger charge is -2.41. The molecule has 70 valence electrons. The largest absolute Gasteiger partial charge is 0.300 e. The number of aromatic nitrogens is 1. The monoisotopic (exact) mass is 176 g/mol. The molecule has 0 atom stereocenters. The Hall–Kier alpha value is -0.890. The average molecular weight is 176 g/mol. The molecule has 0 saturated carbocycles. The molecule has 1 aliphatic rings. The van der Waals surface area contributed by atoms with Gasteiger partial charge in [-0.05, 0) is 26.0 Å². The van der Waals surface area contributed by atoms with E-state index in [1.165, 1.54) is 18.8 Å². The number of hydrogen-bond donors (Lipinski definition) is 0. The maximum atomic E-state index is 4.37. The fourth-order valence-corrected chi connectivity index (χ4v) is 1.74. The van der Waals surface area contributed by atoms with Crippen LogP contribution < -0.4 is 0 Å². The fourth-order valence-electron chi connectivity index (χ4n) is 1.74. The highest BCUT2D eigenvalue weighted by Gasteiger charge is 2.30. The minimum Gasteiger partial charge on any atom is -0.300 e. The van der Waals surface area contributed by atoms with Gasteiger partial charge in [-0.1, -0.05) is 6.07 Å². The van der Waals surface area contributed by atoms with Crippen LogP contribution in [0.15, 0.2) is 24.4 Å². The first-order chi connectivity index (χ1) is 6.27. The topological polar surface area (TPSA) is 16.1 Å². The summed E-state index contributed by atoms with van der Waals surface area (Å²) in [4.78, 5) is 6.84. The molecule has 0 amide bonds. The zero-order chi connectivity index (χ0) is 9.26. The summed E-state index contributed by atoms with van der Waals surface area (Å²) in [6.45, 7) is 6.84. The molecule has 0 aromatic carbocycles. The minimum absolute atomic E-state index is 0.670. The lowest BCUT2D eigenvalue weighted by atomic mass is 9.94. The molecule has 0 aliphatic carbocycles. The van der Waals surface area contributed by atoms with Crippen LogP contribution >= 0.6 is 0 Å². The molecule has 0 unspecified atom stereocenters. The lowest BCUT2D eigenvalue weighted by Crippen LogP contribution is -2.48. The molecule has 2 nitrogen and oxygen atoms in total. The second-order valence-corrected chi connectivity index (χ2v) is 4.00. The van der Waals surface area contributed by atoms with Crippen LogP contribution in [0.5, 0.6) is 0 Å². The van der Waals surface area contributed by atoms with Gasteiger partial charge in [0.1, 0.15) is 0 Å². The van der Waals surface area contributed by atoms with Crippen molar-refractivity contribution in [1.82, 2.24) is 9.88 Å². The molecule has 2 heterocycles. The van der Waals surface area contributed by atoms with E-state index in [9.17, 15) is 0 Å². The van der Waals surface area contributed by atoms with E-state index in [0.29, 0.717) is 12.0 Å². The van der Waals surface area contributed by atoms with Crippen molar-refractivity contribution in [1.29, 1.82) is 0 Å². The van der Waals surface area contributed by atoms with Gasteiger partial charge in [0.2, 0.25) is 0 Å².